The van der Waals surface area contributed by atoms with Gasteiger partial charge in [-0.2, -0.15) is 0 Å². The van der Waals surface area contributed by atoms with E-state index in [2.05, 4.69) is 0 Å². The van der Waals surface area contributed by atoms with Crippen molar-refractivity contribution in [3.05, 3.63) is 0 Å². The molecule has 4 nitrogen and oxygen atoms in total. The number of aliphatic hydroxyl groups is 4. The lowest BCUT2D eigenvalue weighted by molar-refractivity contribution is -0.315. The molecule has 0 heterocycles. The van der Waals surface area contributed by atoms with Crippen LogP contribution in [0.4, 0.5) is 0 Å². The van der Waals surface area contributed by atoms with Crippen LogP contribution in [-0.2, 0) is 0 Å². The second-order valence-corrected chi connectivity index (χ2v) is 2.28. The van der Waals surface area contributed by atoms with Crippen LogP contribution in [0.3, 0.4) is 0 Å². The van der Waals surface area contributed by atoms with Gasteiger partial charge < -0.3 is 20.4 Å². The fourth-order valence-electron chi connectivity index (χ4n) is 0.225. The summed E-state index contributed by atoms with van der Waals surface area (Å²) in [6.07, 6.45) is -0.260. The summed E-state index contributed by atoms with van der Waals surface area (Å²) in [6.45, 7) is 1.35. The van der Waals surface area contributed by atoms with Crippen LogP contribution in [0.1, 0.15) is 13.3 Å². The Labute approximate surface area is 57.3 Å². The second-order valence-electron chi connectivity index (χ2n) is 1.76. The molecule has 0 aromatic rings. The summed E-state index contributed by atoms with van der Waals surface area (Å²) < 4.78 is 0. The van der Waals surface area contributed by atoms with Gasteiger partial charge >= 0.3 is 0 Å². The smallest absolute Gasteiger partial charge is 0.299 e. The van der Waals surface area contributed by atoms with E-state index in [0.717, 1.165) is 0 Å². The molecule has 0 radical (unpaired) electrons. The van der Waals surface area contributed by atoms with E-state index >= 15 is 0 Å². The van der Waals surface area contributed by atoms with Gasteiger partial charge in [-0.25, -0.2) is 0 Å². The molecule has 0 aliphatic carbocycles. The molecule has 4 N–H and O–H groups in total. The maximum absolute atomic E-state index is 8.58. The van der Waals surface area contributed by atoms with Crippen LogP contribution >= 0.6 is 11.6 Å². The monoisotopic (exact) mass is 156 g/mol. The lowest BCUT2D eigenvalue weighted by atomic mass is 10.2. The summed E-state index contributed by atoms with van der Waals surface area (Å²) in [5, 5.41) is 30.9. The molecule has 0 saturated carbocycles. The lowest BCUT2D eigenvalue weighted by Crippen LogP contribution is -2.49. The van der Waals surface area contributed by atoms with Crippen molar-refractivity contribution in [1.29, 1.82) is 0 Å². The minimum absolute atomic E-state index is 0.260. The zero-order valence-electron chi connectivity index (χ0n) is 4.87. The first-order chi connectivity index (χ1) is 3.81. The van der Waals surface area contributed by atoms with Crippen molar-refractivity contribution >= 4 is 11.6 Å². The average Bonchev–Trinajstić information content (AvgIpc) is 1.64. The van der Waals surface area contributed by atoms with Crippen molar-refractivity contribution in [2.75, 3.05) is 0 Å². The first-order valence-corrected chi connectivity index (χ1v) is 2.77. The third kappa shape index (κ3) is 2.08. The highest BCUT2D eigenvalue weighted by Crippen LogP contribution is 2.23. The third-order valence-corrected chi connectivity index (χ3v) is 1.31. The maximum atomic E-state index is 8.58. The van der Waals surface area contributed by atoms with Crippen LogP contribution in [-0.4, -0.2) is 31.5 Å². The zero-order chi connectivity index (χ0) is 7.71. The summed E-state index contributed by atoms with van der Waals surface area (Å²) in [5.74, 6) is -2.64. The minimum atomic E-state index is -2.97. The van der Waals surface area contributed by atoms with Gasteiger partial charge in [-0.05, 0) is 0 Å². The molecule has 0 aliphatic rings. The van der Waals surface area contributed by atoms with Crippen LogP contribution in [0.25, 0.3) is 0 Å². The van der Waals surface area contributed by atoms with Crippen molar-refractivity contribution in [3.8, 4) is 0 Å². The Balaban J connectivity index is 4.14. The summed E-state index contributed by atoms with van der Waals surface area (Å²) in [6, 6.07) is 0. The molecule has 0 saturated heterocycles. The van der Waals surface area contributed by atoms with Crippen molar-refractivity contribution in [2.45, 2.75) is 24.4 Å². The molecule has 0 unspecified atom stereocenters. The predicted octanol–water partition coefficient (Wildman–Crippen LogP) is -1.05. The molecular weight excluding hydrogens is 147 g/mol. The molecule has 0 bridgehead atoms. The first-order valence-electron chi connectivity index (χ1n) is 2.39. The standard InChI is InChI=1S/C4H9ClO4/c1-2-3(6,7)4(5,8)9/h6-9H,2H2,1H3. The Hall–Kier alpha value is 0.130. The fourth-order valence-corrected chi connectivity index (χ4v) is 0.359. The van der Waals surface area contributed by atoms with Crippen LogP contribution in [0.2, 0.25) is 0 Å². The molecule has 0 spiro atoms. The molecule has 9 heavy (non-hydrogen) atoms. The predicted molar refractivity (Wildman–Crippen MR) is 30.5 cm³/mol. The molecule has 56 valence electrons. The van der Waals surface area contributed by atoms with Gasteiger partial charge in [0.05, 0.1) is 0 Å². The first kappa shape index (κ1) is 9.13. The molecule has 0 aromatic carbocycles. The van der Waals surface area contributed by atoms with Crippen LogP contribution < -0.4 is 0 Å². The number of halogens is 1. The Morgan fingerprint density at radius 3 is 1.56 bits per heavy atom. The molecule has 0 atom stereocenters. The molecule has 0 rings (SSSR count). The quantitative estimate of drug-likeness (QED) is 0.304. The number of hydrogen-bond donors (Lipinski definition) is 4. The van der Waals surface area contributed by atoms with E-state index in [4.69, 9.17) is 32.0 Å². The normalized spacial score (nSPS) is 14.0. The van der Waals surface area contributed by atoms with E-state index in [1.54, 1.807) is 0 Å². The number of alkyl halides is 1. The zero-order valence-corrected chi connectivity index (χ0v) is 5.63. The number of rotatable bonds is 2. The van der Waals surface area contributed by atoms with Crippen molar-refractivity contribution < 1.29 is 20.4 Å². The van der Waals surface area contributed by atoms with E-state index < -0.39 is 11.0 Å². The summed E-state index contributed by atoms with van der Waals surface area (Å²) in [5.41, 5.74) is 0. The largest absolute Gasteiger partial charge is 0.360 e. The topological polar surface area (TPSA) is 80.9 Å². The Kier molecular flexibility index (Phi) is 2.43. The average molecular weight is 157 g/mol. The third-order valence-electron chi connectivity index (χ3n) is 1.00. The van der Waals surface area contributed by atoms with Gasteiger partial charge in [-0.3, -0.25) is 0 Å². The van der Waals surface area contributed by atoms with Gasteiger partial charge in [-0.1, -0.05) is 18.5 Å². The van der Waals surface area contributed by atoms with Crippen LogP contribution in [0, 0.1) is 0 Å². The molecule has 5 heteroatoms. The van der Waals surface area contributed by atoms with E-state index in [1.807, 2.05) is 0 Å². The molecule has 0 aromatic heterocycles. The Morgan fingerprint density at radius 1 is 1.22 bits per heavy atom. The van der Waals surface area contributed by atoms with Gasteiger partial charge in [0.2, 0.25) is 5.79 Å². The van der Waals surface area contributed by atoms with E-state index in [-0.39, 0.29) is 6.42 Å². The van der Waals surface area contributed by atoms with E-state index in [0.29, 0.717) is 0 Å². The summed E-state index contributed by atoms with van der Waals surface area (Å²) >= 11 is 4.74. The van der Waals surface area contributed by atoms with Gasteiger partial charge in [0.15, 0.2) is 0 Å². The lowest BCUT2D eigenvalue weighted by Gasteiger charge is -2.27. The highest BCUT2D eigenvalue weighted by atomic mass is 35.5. The minimum Gasteiger partial charge on any atom is -0.360 e. The second kappa shape index (κ2) is 2.40. The maximum Gasteiger partial charge on any atom is 0.299 e. The van der Waals surface area contributed by atoms with E-state index in [1.165, 1.54) is 6.92 Å². The molecule has 0 fully saturated rings. The van der Waals surface area contributed by atoms with Crippen LogP contribution in [0.5, 0.6) is 0 Å². The van der Waals surface area contributed by atoms with Crippen LogP contribution in [0.15, 0.2) is 0 Å². The van der Waals surface area contributed by atoms with Crippen molar-refractivity contribution in [2.24, 2.45) is 0 Å². The van der Waals surface area contributed by atoms with Gasteiger partial charge in [-0.15, -0.1) is 0 Å². The van der Waals surface area contributed by atoms with Crippen molar-refractivity contribution in [3.63, 3.8) is 0 Å². The summed E-state index contributed by atoms with van der Waals surface area (Å²) in [4.78, 5) is 0. The highest BCUT2D eigenvalue weighted by Gasteiger charge is 2.44. The van der Waals surface area contributed by atoms with Gasteiger partial charge in [0, 0.05) is 6.42 Å². The SMILES string of the molecule is CCC(O)(O)C(O)(O)Cl. The van der Waals surface area contributed by atoms with Gasteiger partial charge in [0.25, 0.3) is 5.25 Å². The van der Waals surface area contributed by atoms with Crippen molar-refractivity contribution in [1.82, 2.24) is 0 Å². The highest BCUT2D eigenvalue weighted by molar-refractivity contribution is 6.22. The Morgan fingerprint density at radius 2 is 1.56 bits per heavy atom. The number of hydrogen-bond acceptors (Lipinski definition) is 4. The summed E-state index contributed by atoms with van der Waals surface area (Å²) in [7, 11) is 0. The molecular formula is C4H9ClO4. The fraction of sp³-hybridized carbons (Fsp3) is 1.00. The van der Waals surface area contributed by atoms with E-state index in [9.17, 15) is 0 Å². The van der Waals surface area contributed by atoms with Gasteiger partial charge in [0.1, 0.15) is 0 Å². The molecule has 0 aliphatic heterocycles. The molecule has 0 amide bonds. The Bertz CT molecular complexity index is 95.2.